The van der Waals surface area contributed by atoms with Gasteiger partial charge in [0, 0.05) is 22.3 Å². The number of ether oxygens (including phenoxy) is 1. The number of halogens is 5. The second-order valence-corrected chi connectivity index (χ2v) is 9.13. The minimum Gasteiger partial charge on any atom is -0.428 e. The first-order valence-corrected chi connectivity index (χ1v) is 11.9. The van der Waals surface area contributed by atoms with Crippen molar-refractivity contribution in [3.05, 3.63) is 106 Å². The van der Waals surface area contributed by atoms with E-state index in [1.54, 1.807) is 36.5 Å². The molecule has 0 saturated carbocycles. The maximum absolute atomic E-state index is 13.7. The average Bonchev–Trinajstić information content (AvgIpc) is 3.37. The fraction of sp³-hybridized carbons (Fsp3) is 0.160. The minimum absolute atomic E-state index is 0.127. The van der Waals surface area contributed by atoms with Gasteiger partial charge in [0.1, 0.15) is 17.6 Å². The van der Waals surface area contributed by atoms with Gasteiger partial charge < -0.3 is 14.6 Å². The highest BCUT2D eigenvalue weighted by atomic mass is 127. The fourth-order valence-corrected chi connectivity index (χ4v) is 4.02. The number of nitrogens with zero attached hydrogens (tertiary/aromatic N) is 2. The normalized spacial score (nSPS) is 13.1. The van der Waals surface area contributed by atoms with Crippen molar-refractivity contribution in [1.29, 1.82) is 0 Å². The Hall–Kier alpha value is -3.68. The van der Waals surface area contributed by atoms with Crippen molar-refractivity contribution in [3.8, 4) is 5.75 Å². The highest BCUT2D eigenvalue weighted by Gasteiger charge is 2.44. The molecule has 0 spiro atoms. The lowest BCUT2D eigenvalue weighted by atomic mass is 9.80. The van der Waals surface area contributed by atoms with Gasteiger partial charge in [-0.05, 0) is 58.0 Å². The number of carbonyl (C=O) groups is 1. The minimum atomic E-state index is -4.71. The molecule has 0 saturated heterocycles. The molecule has 2 heterocycles. The molecular weight excluding hydrogens is 607 g/mol. The molecule has 0 aliphatic heterocycles. The Bertz CT molecular complexity index is 1330. The number of alkyl halides is 4. The van der Waals surface area contributed by atoms with Gasteiger partial charge >= 0.3 is 18.6 Å². The fourth-order valence-electron chi connectivity index (χ4n) is 3.70. The summed E-state index contributed by atoms with van der Waals surface area (Å²) in [4.78, 5) is 17.7. The molecule has 2 aromatic heterocycles. The third-order valence-electron chi connectivity index (χ3n) is 5.32. The summed E-state index contributed by atoms with van der Waals surface area (Å²) in [6.45, 7) is 0. The van der Waals surface area contributed by atoms with E-state index >= 15 is 0 Å². The van der Waals surface area contributed by atoms with Gasteiger partial charge in [-0.15, -0.1) is 0 Å². The van der Waals surface area contributed by atoms with Crippen LogP contribution in [0.3, 0.4) is 0 Å². The second-order valence-electron chi connectivity index (χ2n) is 7.89. The summed E-state index contributed by atoms with van der Waals surface area (Å²) < 4.78 is 63.0. The highest BCUT2D eigenvalue weighted by Crippen LogP contribution is 2.36. The molecule has 4 rings (SSSR count). The van der Waals surface area contributed by atoms with Gasteiger partial charge in [0.05, 0.1) is 5.69 Å². The Kier molecular flexibility index (Phi) is 7.95. The quantitative estimate of drug-likeness (QED) is 0.170. The number of benzene rings is 2. The van der Waals surface area contributed by atoms with Crippen LogP contribution in [0.5, 0.6) is 5.75 Å². The standard InChI is InChI=1S/C25H19F4IN4O3/c26-22(27)25(28,29)37-19-8-4-7-17(13-19)24(14-16-5-2-1-3-6-16,20-10-9-18(30)15-31-20)33-23(35)32-21-11-12-36-34-21/h1-13,15,22H,14H2,(H2,32,33,34,35)/t24-/m0/s1. The van der Waals surface area contributed by atoms with E-state index in [2.05, 4.69) is 48.1 Å². The molecule has 7 nitrogen and oxygen atoms in total. The predicted octanol–water partition coefficient (Wildman–Crippen LogP) is 6.22. The van der Waals surface area contributed by atoms with Gasteiger partial charge in [-0.3, -0.25) is 10.3 Å². The first-order chi connectivity index (χ1) is 17.7. The van der Waals surface area contributed by atoms with Crippen molar-refractivity contribution in [2.45, 2.75) is 24.5 Å². The summed E-state index contributed by atoms with van der Waals surface area (Å²) in [7, 11) is 0. The van der Waals surface area contributed by atoms with Crippen LogP contribution in [0.25, 0.3) is 0 Å². The van der Waals surface area contributed by atoms with Crippen LogP contribution in [-0.4, -0.2) is 28.7 Å². The van der Waals surface area contributed by atoms with Crippen molar-refractivity contribution in [2.75, 3.05) is 5.32 Å². The summed E-state index contributed by atoms with van der Waals surface area (Å²) in [5, 5.41) is 9.10. The zero-order valence-corrected chi connectivity index (χ0v) is 21.0. The Morgan fingerprint density at radius 3 is 2.49 bits per heavy atom. The third kappa shape index (κ3) is 6.37. The smallest absolute Gasteiger partial charge is 0.428 e. The number of aromatic nitrogens is 2. The molecule has 12 heteroatoms. The number of anilines is 1. The molecule has 2 aromatic carbocycles. The summed E-state index contributed by atoms with van der Waals surface area (Å²) in [6, 6.07) is 18.5. The number of hydrogen-bond acceptors (Lipinski definition) is 5. The molecule has 1 atom stereocenters. The van der Waals surface area contributed by atoms with Crippen LogP contribution in [0.1, 0.15) is 16.8 Å². The topological polar surface area (TPSA) is 89.3 Å². The van der Waals surface area contributed by atoms with Crippen LogP contribution in [0, 0.1) is 3.57 Å². The van der Waals surface area contributed by atoms with E-state index in [1.165, 1.54) is 24.5 Å². The van der Waals surface area contributed by atoms with E-state index in [-0.39, 0.29) is 17.8 Å². The van der Waals surface area contributed by atoms with E-state index in [0.29, 0.717) is 5.69 Å². The van der Waals surface area contributed by atoms with Gasteiger partial charge in [0.25, 0.3) is 0 Å². The van der Waals surface area contributed by atoms with Gasteiger partial charge in [-0.2, -0.15) is 17.6 Å². The molecule has 2 amide bonds. The Balaban J connectivity index is 1.85. The largest absolute Gasteiger partial charge is 0.461 e. The van der Waals surface area contributed by atoms with Crippen molar-refractivity contribution in [2.24, 2.45) is 0 Å². The van der Waals surface area contributed by atoms with Crippen molar-refractivity contribution in [1.82, 2.24) is 15.5 Å². The number of amides is 2. The summed E-state index contributed by atoms with van der Waals surface area (Å²) in [6.07, 6.45) is -5.76. The van der Waals surface area contributed by atoms with Gasteiger partial charge in [0.15, 0.2) is 5.82 Å². The number of nitrogens with one attached hydrogen (secondary N) is 2. The molecule has 37 heavy (non-hydrogen) atoms. The molecule has 0 aliphatic carbocycles. The van der Waals surface area contributed by atoms with Gasteiger partial charge in [0.2, 0.25) is 0 Å². The lowest BCUT2D eigenvalue weighted by Crippen LogP contribution is -2.50. The summed E-state index contributed by atoms with van der Waals surface area (Å²) in [5.41, 5.74) is -0.0412. The molecule has 2 N–H and O–H groups in total. The van der Waals surface area contributed by atoms with Crippen molar-refractivity contribution in [3.63, 3.8) is 0 Å². The molecule has 192 valence electrons. The van der Waals surface area contributed by atoms with Crippen LogP contribution in [0.4, 0.5) is 28.2 Å². The number of urea groups is 1. The average molecular weight is 626 g/mol. The highest BCUT2D eigenvalue weighted by molar-refractivity contribution is 14.1. The van der Waals surface area contributed by atoms with Crippen LogP contribution in [0.15, 0.2) is 89.8 Å². The van der Waals surface area contributed by atoms with E-state index in [9.17, 15) is 22.4 Å². The predicted molar refractivity (Wildman–Crippen MR) is 135 cm³/mol. The van der Waals surface area contributed by atoms with Gasteiger partial charge in [-0.1, -0.05) is 47.6 Å². The van der Waals surface area contributed by atoms with Gasteiger partial charge in [-0.25, -0.2) is 4.79 Å². The first-order valence-electron chi connectivity index (χ1n) is 10.8. The number of pyridine rings is 1. The van der Waals surface area contributed by atoms with E-state index < -0.39 is 29.9 Å². The summed E-state index contributed by atoms with van der Waals surface area (Å²) in [5.74, 6) is -0.375. The van der Waals surface area contributed by atoms with Crippen LogP contribution in [0.2, 0.25) is 0 Å². The van der Waals surface area contributed by atoms with E-state index in [0.717, 1.165) is 15.2 Å². The number of rotatable bonds is 9. The van der Waals surface area contributed by atoms with Crippen molar-refractivity contribution >= 4 is 34.4 Å². The third-order valence-corrected chi connectivity index (χ3v) is 5.96. The molecule has 0 fully saturated rings. The summed E-state index contributed by atoms with van der Waals surface area (Å²) >= 11 is 2.07. The monoisotopic (exact) mass is 626 g/mol. The molecular formula is C25H19F4IN4O3. The zero-order valence-electron chi connectivity index (χ0n) is 18.9. The number of carbonyl (C=O) groups excluding carboxylic acids is 1. The first kappa shape index (κ1) is 26.4. The Morgan fingerprint density at radius 1 is 1.05 bits per heavy atom. The maximum Gasteiger partial charge on any atom is 0.461 e. The SMILES string of the molecule is O=C(Nc1ccon1)N[C@@](Cc1ccccc1)(c1cccc(OC(F)(F)C(F)F)c1)c1ccc(I)cn1. The molecule has 4 aromatic rings. The van der Waals surface area contributed by atoms with Crippen LogP contribution >= 0.6 is 22.6 Å². The van der Waals surface area contributed by atoms with Crippen LogP contribution in [-0.2, 0) is 12.0 Å². The Labute approximate surface area is 222 Å². The second kappa shape index (κ2) is 11.2. The lowest BCUT2D eigenvalue weighted by Gasteiger charge is -2.35. The maximum atomic E-state index is 13.7. The van der Waals surface area contributed by atoms with E-state index in [4.69, 9.17) is 4.52 Å². The number of hydrogen-bond donors (Lipinski definition) is 2. The molecule has 0 unspecified atom stereocenters. The Morgan fingerprint density at radius 2 is 1.84 bits per heavy atom. The molecule has 0 bridgehead atoms. The molecule has 0 aliphatic rings. The zero-order chi connectivity index (χ0) is 26.5. The molecule has 0 radical (unpaired) electrons. The van der Waals surface area contributed by atoms with Crippen molar-refractivity contribution < 1.29 is 31.6 Å². The van der Waals surface area contributed by atoms with Crippen LogP contribution < -0.4 is 15.4 Å². The van der Waals surface area contributed by atoms with E-state index in [1.807, 2.05) is 18.2 Å². The lowest BCUT2D eigenvalue weighted by molar-refractivity contribution is -0.253.